The minimum atomic E-state index is -0.378. The van der Waals surface area contributed by atoms with Gasteiger partial charge in [-0.2, -0.15) is 0 Å². The van der Waals surface area contributed by atoms with E-state index in [0.717, 1.165) is 5.75 Å². The summed E-state index contributed by atoms with van der Waals surface area (Å²) in [5.41, 5.74) is 5.20. The van der Waals surface area contributed by atoms with E-state index in [-0.39, 0.29) is 31.4 Å². The first-order valence-electron chi connectivity index (χ1n) is 6.28. The molecule has 2 aromatic rings. The van der Waals surface area contributed by atoms with Crippen molar-refractivity contribution in [3.8, 4) is 17.2 Å². The van der Waals surface area contributed by atoms with Gasteiger partial charge in [0.05, 0.1) is 0 Å². The molecule has 0 aliphatic heterocycles. The summed E-state index contributed by atoms with van der Waals surface area (Å²) in [5, 5.41) is 0. The third kappa shape index (κ3) is 5.85. The average molecular weight is 310 g/mol. The van der Waals surface area contributed by atoms with Crippen molar-refractivity contribution in [3.05, 3.63) is 66.5 Å². The Labute approximate surface area is 129 Å². The highest BCUT2D eigenvalue weighted by molar-refractivity contribution is 5.85. The summed E-state index contributed by atoms with van der Waals surface area (Å²) in [6.07, 6.45) is 1.28. The average Bonchev–Trinajstić information content (AvgIpc) is 2.48. The molecule has 0 amide bonds. The van der Waals surface area contributed by atoms with Crippen LogP contribution in [0, 0.1) is 0 Å². The first kappa shape index (κ1) is 17.0. The van der Waals surface area contributed by atoms with Crippen LogP contribution >= 0.6 is 12.4 Å². The molecule has 0 fully saturated rings. The number of ether oxygens (including phenoxy) is 2. The Morgan fingerprint density at radius 3 is 2.14 bits per heavy atom. The van der Waals surface area contributed by atoms with Gasteiger partial charge in [0.2, 0.25) is 0 Å². The van der Waals surface area contributed by atoms with Crippen molar-refractivity contribution in [2.45, 2.75) is 0 Å². The highest BCUT2D eigenvalue weighted by atomic mass is 35.5. The van der Waals surface area contributed by atoms with Crippen LogP contribution in [0.5, 0.6) is 17.2 Å². The second kappa shape index (κ2) is 9.00. The molecule has 112 valence electrons. The Bertz CT molecular complexity index is 558. The normalized spacial score (nSPS) is 10.7. The second-order valence-corrected chi connectivity index (χ2v) is 4.06. The molecule has 0 saturated heterocycles. The van der Waals surface area contributed by atoms with Gasteiger partial charge in [0.1, 0.15) is 29.7 Å². The fraction of sp³-hybridized carbons (Fsp3) is 0.125. The van der Waals surface area contributed by atoms with Gasteiger partial charge in [-0.25, -0.2) is 4.39 Å². The first-order chi connectivity index (χ1) is 9.78. The molecular formula is C16H17ClFNO2. The van der Waals surface area contributed by atoms with Crippen molar-refractivity contribution in [1.82, 2.24) is 0 Å². The highest BCUT2D eigenvalue weighted by Crippen LogP contribution is 2.23. The van der Waals surface area contributed by atoms with Crippen LogP contribution in [-0.2, 0) is 0 Å². The second-order valence-electron chi connectivity index (χ2n) is 4.06. The summed E-state index contributed by atoms with van der Waals surface area (Å²) in [4.78, 5) is 0. The summed E-state index contributed by atoms with van der Waals surface area (Å²) in [7, 11) is 0. The van der Waals surface area contributed by atoms with Crippen molar-refractivity contribution in [3.63, 3.8) is 0 Å². The van der Waals surface area contributed by atoms with Gasteiger partial charge in [-0.1, -0.05) is 18.2 Å². The largest absolute Gasteiger partial charge is 0.487 e. The molecular weight excluding hydrogens is 293 g/mol. The van der Waals surface area contributed by atoms with Crippen molar-refractivity contribution < 1.29 is 13.9 Å². The number of para-hydroxylation sites is 1. The lowest BCUT2D eigenvalue weighted by Gasteiger charge is -2.07. The topological polar surface area (TPSA) is 44.5 Å². The maximum Gasteiger partial charge on any atom is 0.139 e. The van der Waals surface area contributed by atoms with Crippen LogP contribution in [0.4, 0.5) is 4.39 Å². The molecule has 0 heterocycles. The van der Waals surface area contributed by atoms with Crippen molar-refractivity contribution in [2.24, 2.45) is 5.73 Å². The SMILES string of the molecule is Cl.NC/C=C(\F)COc1ccc(Oc2ccccc2)cc1. The standard InChI is InChI=1S/C16H16FNO2.ClH/c17-13(10-11-18)12-19-14-6-8-16(9-7-14)20-15-4-2-1-3-5-15;/h1-10H,11-12,18H2;1H/b13-10-;. The maximum atomic E-state index is 13.1. The van der Waals surface area contributed by atoms with E-state index >= 15 is 0 Å². The van der Waals surface area contributed by atoms with Crippen LogP contribution in [0.1, 0.15) is 0 Å². The molecule has 3 nitrogen and oxygen atoms in total. The minimum Gasteiger partial charge on any atom is -0.487 e. The molecule has 0 atom stereocenters. The van der Waals surface area contributed by atoms with Gasteiger partial charge in [0.25, 0.3) is 0 Å². The Kier molecular flexibility index (Phi) is 7.29. The Hall–Kier alpha value is -2.04. The van der Waals surface area contributed by atoms with Gasteiger partial charge in [-0.15, -0.1) is 12.4 Å². The zero-order chi connectivity index (χ0) is 14.2. The number of benzene rings is 2. The molecule has 0 aromatic heterocycles. The molecule has 0 spiro atoms. The summed E-state index contributed by atoms with van der Waals surface area (Å²) in [6.45, 7) is 0.0507. The molecule has 2 rings (SSSR count). The molecule has 0 aliphatic carbocycles. The van der Waals surface area contributed by atoms with Crippen LogP contribution in [0.3, 0.4) is 0 Å². The summed E-state index contributed by atoms with van der Waals surface area (Å²) in [5.74, 6) is 1.66. The van der Waals surface area contributed by atoms with E-state index in [1.807, 2.05) is 30.3 Å². The Morgan fingerprint density at radius 2 is 1.52 bits per heavy atom. The lowest BCUT2D eigenvalue weighted by Crippen LogP contribution is -2.01. The molecule has 0 aliphatic rings. The fourth-order valence-electron chi connectivity index (χ4n) is 1.57. The summed E-state index contributed by atoms with van der Waals surface area (Å²) in [6, 6.07) is 16.5. The summed E-state index contributed by atoms with van der Waals surface area (Å²) < 4.78 is 24.0. The van der Waals surface area contributed by atoms with Crippen molar-refractivity contribution in [1.29, 1.82) is 0 Å². The van der Waals surface area contributed by atoms with Gasteiger partial charge in [0.15, 0.2) is 0 Å². The number of halogens is 2. The van der Waals surface area contributed by atoms with E-state index in [0.29, 0.717) is 11.5 Å². The van der Waals surface area contributed by atoms with Gasteiger partial charge in [0, 0.05) is 6.54 Å². The molecule has 0 radical (unpaired) electrons. The van der Waals surface area contributed by atoms with Gasteiger partial charge < -0.3 is 15.2 Å². The number of rotatable bonds is 6. The molecule has 2 aromatic carbocycles. The number of nitrogens with two attached hydrogens (primary N) is 1. The molecule has 0 saturated carbocycles. The molecule has 21 heavy (non-hydrogen) atoms. The highest BCUT2D eigenvalue weighted by Gasteiger charge is 2.00. The van der Waals surface area contributed by atoms with Gasteiger partial charge >= 0.3 is 0 Å². The third-order valence-electron chi connectivity index (χ3n) is 2.52. The van der Waals surface area contributed by atoms with E-state index in [9.17, 15) is 4.39 Å². The van der Waals surface area contributed by atoms with Crippen LogP contribution in [0.15, 0.2) is 66.5 Å². The maximum absolute atomic E-state index is 13.1. The lowest BCUT2D eigenvalue weighted by atomic mass is 10.3. The predicted octanol–water partition coefficient (Wildman–Crippen LogP) is 4.09. The fourth-order valence-corrected chi connectivity index (χ4v) is 1.57. The minimum absolute atomic E-state index is 0. The van der Waals surface area contributed by atoms with Crippen LogP contribution in [0.25, 0.3) is 0 Å². The van der Waals surface area contributed by atoms with Crippen LogP contribution in [-0.4, -0.2) is 13.2 Å². The number of hydrogen-bond acceptors (Lipinski definition) is 3. The third-order valence-corrected chi connectivity index (χ3v) is 2.52. The molecule has 5 heteroatoms. The zero-order valence-corrected chi connectivity index (χ0v) is 12.2. The molecule has 0 unspecified atom stereocenters. The van der Waals surface area contributed by atoms with E-state index < -0.39 is 0 Å². The Balaban J connectivity index is 0.00000220. The quantitative estimate of drug-likeness (QED) is 0.874. The van der Waals surface area contributed by atoms with E-state index in [1.165, 1.54) is 6.08 Å². The van der Waals surface area contributed by atoms with Crippen molar-refractivity contribution >= 4 is 12.4 Å². The van der Waals surface area contributed by atoms with Crippen molar-refractivity contribution in [2.75, 3.05) is 13.2 Å². The van der Waals surface area contributed by atoms with E-state index in [4.69, 9.17) is 15.2 Å². The molecule has 0 bridgehead atoms. The molecule has 2 N–H and O–H groups in total. The van der Waals surface area contributed by atoms with Gasteiger partial charge in [-0.05, 0) is 42.5 Å². The number of hydrogen-bond donors (Lipinski definition) is 1. The zero-order valence-electron chi connectivity index (χ0n) is 11.4. The van der Waals surface area contributed by atoms with E-state index in [2.05, 4.69) is 0 Å². The first-order valence-corrected chi connectivity index (χ1v) is 6.28. The summed E-state index contributed by atoms with van der Waals surface area (Å²) >= 11 is 0. The van der Waals surface area contributed by atoms with Gasteiger partial charge in [-0.3, -0.25) is 0 Å². The van der Waals surface area contributed by atoms with E-state index in [1.54, 1.807) is 24.3 Å². The smallest absolute Gasteiger partial charge is 0.139 e. The predicted molar refractivity (Wildman–Crippen MR) is 83.9 cm³/mol. The van der Waals surface area contributed by atoms with Crippen LogP contribution < -0.4 is 15.2 Å². The van der Waals surface area contributed by atoms with Crippen LogP contribution in [0.2, 0.25) is 0 Å². The lowest BCUT2D eigenvalue weighted by molar-refractivity contribution is 0.318. The monoisotopic (exact) mass is 309 g/mol. The Morgan fingerprint density at radius 1 is 0.952 bits per heavy atom.